The lowest BCUT2D eigenvalue weighted by Gasteiger charge is -1.92. The fourth-order valence-electron chi connectivity index (χ4n) is 1.54. The number of fused-ring (bicyclic) bond motifs is 1. The second-order valence-electron chi connectivity index (χ2n) is 3.85. The normalized spacial score (nSPS) is 9.75. The van der Waals surface area contributed by atoms with Crippen LogP contribution in [-0.2, 0) is 11.8 Å². The van der Waals surface area contributed by atoms with Crippen molar-refractivity contribution in [2.75, 3.05) is 6.54 Å². The van der Waals surface area contributed by atoms with E-state index in [1.807, 2.05) is 0 Å². The van der Waals surface area contributed by atoms with E-state index in [1.165, 1.54) is 23.4 Å². The van der Waals surface area contributed by atoms with E-state index in [0.717, 1.165) is 0 Å². The number of aromatic nitrogens is 1. The Morgan fingerprint density at radius 3 is 2.44 bits per heavy atom. The molecule has 0 amide bonds. The van der Waals surface area contributed by atoms with E-state index in [4.69, 9.17) is 5.73 Å². The summed E-state index contributed by atoms with van der Waals surface area (Å²) in [6.07, 6.45) is 2.16. The zero-order chi connectivity index (χ0) is 12.1. The van der Waals surface area contributed by atoms with Gasteiger partial charge in [0.15, 0.2) is 0 Å². The van der Waals surface area contributed by atoms with E-state index in [2.05, 4.69) is 49.0 Å². The predicted molar refractivity (Wildman–Crippen MR) is 67.4 cm³/mol. The number of ketones is 1. The van der Waals surface area contributed by atoms with Gasteiger partial charge in [-0.05, 0) is 25.5 Å². The number of aryl methyl sites for hydroxylation is 2. The SMILES string of the molecule is CC(=O)CN.Cc1cn(C)c2ccccc12. The van der Waals surface area contributed by atoms with Crippen molar-refractivity contribution in [2.24, 2.45) is 12.8 Å². The van der Waals surface area contributed by atoms with Crippen LogP contribution in [0.5, 0.6) is 0 Å². The number of carbonyl (C=O) groups excluding carboxylic acids is 1. The molecule has 16 heavy (non-hydrogen) atoms. The smallest absolute Gasteiger partial charge is 0.143 e. The number of hydrogen-bond donors (Lipinski definition) is 1. The monoisotopic (exact) mass is 218 g/mol. The summed E-state index contributed by atoms with van der Waals surface area (Å²) in [5.74, 6) is 0.0324. The van der Waals surface area contributed by atoms with Gasteiger partial charge in [0, 0.05) is 24.1 Å². The minimum Gasteiger partial charge on any atom is -0.350 e. The van der Waals surface area contributed by atoms with Crippen molar-refractivity contribution in [3.05, 3.63) is 36.0 Å². The van der Waals surface area contributed by atoms with Crippen LogP contribution in [0.15, 0.2) is 30.5 Å². The second-order valence-corrected chi connectivity index (χ2v) is 3.85. The molecule has 3 nitrogen and oxygen atoms in total. The van der Waals surface area contributed by atoms with Gasteiger partial charge in [0.05, 0.1) is 6.54 Å². The highest BCUT2D eigenvalue weighted by molar-refractivity contribution is 5.83. The van der Waals surface area contributed by atoms with Gasteiger partial charge in [0.25, 0.3) is 0 Å². The highest BCUT2D eigenvalue weighted by atomic mass is 16.1. The molecule has 0 atom stereocenters. The Labute approximate surface area is 95.9 Å². The molecule has 0 fully saturated rings. The number of nitrogens with two attached hydrogens (primary N) is 1. The third-order valence-corrected chi connectivity index (χ3v) is 2.38. The fraction of sp³-hybridized carbons (Fsp3) is 0.308. The molecule has 2 N–H and O–H groups in total. The zero-order valence-corrected chi connectivity index (χ0v) is 10.0. The van der Waals surface area contributed by atoms with Gasteiger partial charge in [0.1, 0.15) is 5.78 Å². The van der Waals surface area contributed by atoms with E-state index in [9.17, 15) is 4.79 Å². The van der Waals surface area contributed by atoms with E-state index < -0.39 is 0 Å². The van der Waals surface area contributed by atoms with E-state index in [-0.39, 0.29) is 12.3 Å². The Balaban J connectivity index is 0.000000221. The first kappa shape index (κ1) is 12.5. The van der Waals surface area contributed by atoms with Crippen molar-refractivity contribution in [1.82, 2.24) is 4.57 Å². The van der Waals surface area contributed by atoms with Gasteiger partial charge in [-0.2, -0.15) is 0 Å². The standard InChI is InChI=1S/C10H11N.C3H7NO/c1-8-7-11(2)10-6-4-3-5-9(8)10;1-3(5)2-4/h3-7H,1-2H3;2,4H2,1H3. The lowest BCUT2D eigenvalue weighted by atomic mass is 10.2. The first-order valence-electron chi connectivity index (χ1n) is 5.26. The quantitative estimate of drug-likeness (QED) is 0.796. The highest BCUT2D eigenvalue weighted by Crippen LogP contribution is 2.18. The summed E-state index contributed by atoms with van der Waals surface area (Å²) in [7, 11) is 2.08. The first-order chi connectivity index (χ1) is 7.56. The van der Waals surface area contributed by atoms with Crippen molar-refractivity contribution in [2.45, 2.75) is 13.8 Å². The molecule has 0 spiro atoms. The summed E-state index contributed by atoms with van der Waals surface area (Å²) < 4.78 is 2.16. The molecule has 3 heteroatoms. The maximum atomic E-state index is 9.69. The van der Waals surface area contributed by atoms with Gasteiger partial charge in [-0.3, -0.25) is 4.79 Å². The van der Waals surface area contributed by atoms with Crippen molar-refractivity contribution < 1.29 is 4.79 Å². The third kappa shape index (κ3) is 2.94. The molecule has 86 valence electrons. The summed E-state index contributed by atoms with van der Waals surface area (Å²) in [5, 5.41) is 1.36. The number of hydrogen-bond acceptors (Lipinski definition) is 2. The lowest BCUT2D eigenvalue weighted by molar-refractivity contribution is -0.115. The minimum absolute atomic E-state index is 0.0324. The maximum Gasteiger partial charge on any atom is 0.143 e. The molecule has 2 aromatic rings. The van der Waals surface area contributed by atoms with Crippen LogP contribution in [0.4, 0.5) is 0 Å². The van der Waals surface area contributed by atoms with Crippen LogP contribution in [0.3, 0.4) is 0 Å². The summed E-state index contributed by atoms with van der Waals surface area (Å²) >= 11 is 0. The van der Waals surface area contributed by atoms with Crippen LogP contribution >= 0.6 is 0 Å². The molecule has 0 aliphatic rings. The van der Waals surface area contributed by atoms with E-state index in [1.54, 1.807) is 0 Å². The highest BCUT2D eigenvalue weighted by Gasteiger charge is 1.98. The molecule has 0 aliphatic heterocycles. The molecule has 1 heterocycles. The average Bonchev–Trinajstić information content (AvgIpc) is 2.56. The van der Waals surface area contributed by atoms with Crippen LogP contribution in [0.2, 0.25) is 0 Å². The number of carbonyl (C=O) groups is 1. The Morgan fingerprint density at radius 2 is 1.94 bits per heavy atom. The molecule has 1 aromatic heterocycles. The van der Waals surface area contributed by atoms with Gasteiger partial charge in [-0.15, -0.1) is 0 Å². The first-order valence-corrected chi connectivity index (χ1v) is 5.26. The number of Topliss-reactive ketones (excluding diaryl/α,β-unsaturated/α-hetero) is 1. The van der Waals surface area contributed by atoms with Gasteiger partial charge < -0.3 is 10.3 Å². The number of nitrogens with zero attached hydrogens (tertiary/aromatic N) is 1. The van der Waals surface area contributed by atoms with Crippen molar-refractivity contribution in [3.63, 3.8) is 0 Å². The van der Waals surface area contributed by atoms with Crippen LogP contribution < -0.4 is 5.73 Å². The van der Waals surface area contributed by atoms with E-state index in [0.29, 0.717) is 0 Å². The Kier molecular flexibility index (Phi) is 4.26. The minimum atomic E-state index is 0.0324. The Hall–Kier alpha value is -1.61. The van der Waals surface area contributed by atoms with E-state index >= 15 is 0 Å². The largest absolute Gasteiger partial charge is 0.350 e. The van der Waals surface area contributed by atoms with Crippen LogP contribution in [-0.4, -0.2) is 16.9 Å². The lowest BCUT2D eigenvalue weighted by Crippen LogP contribution is -2.07. The second kappa shape index (κ2) is 5.47. The van der Waals surface area contributed by atoms with Crippen molar-refractivity contribution in [1.29, 1.82) is 0 Å². The van der Waals surface area contributed by atoms with Gasteiger partial charge >= 0.3 is 0 Å². The number of para-hydroxylation sites is 1. The summed E-state index contributed by atoms with van der Waals surface area (Å²) in [6.45, 7) is 3.77. The van der Waals surface area contributed by atoms with Gasteiger partial charge in [0.2, 0.25) is 0 Å². The fourth-order valence-corrected chi connectivity index (χ4v) is 1.54. The molecule has 0 saturated carbocycles. The summed E-state index contributed by atoms with van der Waals surface area (Å²) in [5.41, 5.74) is 7.48. The third-order valence-electron chi connectivity index (χ3n) is 2.38. The Morgan fingerprint density at radius 1 is 1.38 bits per heavy atom. The molecule has 0 radical (unpaired) electrons. The van der Waals surface area contributed by atoms with Crippen molar-refractivity contribution in [3.8, 4) is 0 Å². The number of benzene rings is 1. The van der Waals surface area contributed by atoms with Crippen LogP contribution in [0.1, 0.15) is 12.5 Å². The molecule has 0 aliphatic carbocycles. The maximum absolute atomic E-state index is 9.69. The van der Waals surface area contributed by atoms with Gasteiger partial charge in [-0.1, -0.05) is 18.2 Å². The molecule has 1 aromatic carbocycles. The molecule has 0 saturated heterocycles. The summed E-state index contributed by atoms with van der Waals surface area (Å²) in [6, 6.07) is 8.45. The van der Waals surface area contributed by atoms with Crippen LogP contribution in [0, 0.1) is 6.92 Å². The van der Waals surface area contributed by atoms with Crippen molar-refractivity contribution >= 4 is 16.7 Å². The molecule has 2 rings (SSSR count). The Bertz CT molecular complexity index is 450. The summed E-state index contributed by atoms with van der Waals surface area (Å²) in [4.78, 5) is 9.69. The zero-order valence-electron chi connectivity index (χ0n) is 10.0. The number of rotatable bonds is 1. The average molecular weight is 218 g/mol. The molecule has 0 unspecified atom stereocenters. The molecular weight excluding hydrogens is 200 g/mol. The van der Waals surface area contributed by atoms with Crippen LogP contribution in [0.25, 0.3) is 10.9 Å². The molecular formula is C13H18N2O. The molecule has 0 bridgehead atoms. The topological polar surface area (TPSA) is 48.0 Å². The van der Waals surface area contributed by atoms with Gasteiger partial charge in [-0.25, -0.2) is 0 Å². The predicted octanol–water partition coefficient (Wildman–Crippen LogP) is 2.02.